The highest BCUT2D eigenvalue weighted by Crippen LogP contribution is 2.42. The fourth-order valence-corrected chi connectivity index (χ4v) is 4.77. The van der Waals surface area contributed by atoms with Crippen molar-refractivity contribution in [3.63, 3.8) is 0 Å². The molecule has 0 N–H and O–H groups in total. The lowest BCUT2D eigenvalue weighted by Gasteiger charge is -2.36. The number of thiophene rings is 1. The van der Waals surface area contributed by atoms with Gasteiger partial charge in [-0.05, 0) is 46.7 Å². The van der Waals surface area contributed by atoms with Crippen LogP contribution in [0.3, 0.4) is 0 Å². The first-order valence-electron chi connectivity index (χ1n) is 9.91. The molecule has 1 atom stereocenters. The van der Waals surface area contributed by atoms with Crippen molar-refractivity contribution < 1.29 is 19.0 Å². The van der Waals surface area contributed by atoms with Gasteiger partial charge in [0.15, 0.2) is 11.5 Å². The Labute approximate surface area is 180 Å². The number of carbonyl (C=O) groups excluding carboxylic acids is 1. The highest BCUT2D eigenvalue weighted by Gasteiger charge is 2.32. The topological polar surface area (TPSA) is 48.0 Å². The van der Waals surface area contributed by atoms with E-state index in [1.807, 2.05) is 42.5 Å². The van der Waals surface area contributed by atoms with Crippen molar-refractivity contribution >= 4 is 17.3 Å². The number of ether oxygens (including phenoxy) is 3. The van der Waals surface area contributed by atoms with Gasteiger partial charge in [-0.2, -0.15) is 0 Å². The summed E-state index contributed by atoms with van der Waals surface area (Å²) in [6.07, 6.45) is 0.837. The second kappa shape index (κ2) is 9.32. The third-order valence-corrected chi connectivity index (χ3v) is 6.29. The van der Waals surface area contributed by atoms with Crippen molar-refractivity contribution in [3.05, 3.63) is 81.5 Å². The molecule has 0 spiro atoms. The quantitative estimate of drug-likeness (QED) is 0.525. The average Bonchev–Trinajstić information content (AvgIpc) is 3.31. The van der Waals surface area contributed by atoms with Crippen molar-refractivity contribution in [1.82, 2.24) is 4.90 Å². The molecule has 1 aromatic heterocycles. The molecule has 1 aliphatic rings. The number of hydrogen-bond acceptors (Lipinski definition) is 6. The van der Waals surface area contributed by atoms with Crippen LogP contribution in [-0.4, -0.2) is 38.2 Å². The van der Waals surface area contributed by atoms with Crippen LogP contribution in [0.2, 0.25) is 0 Å². The number of fused-ring (bicyclic) bond motifs is 1. The Hall–Kier alpha value is -2.83. The van der Waals surface area contributed by atoms with Crippen LogP contribution in [-0.2, 0) is 22.6 Å². The van der Waals surface area contributed by atoms with E-state index >= 15 is 0 Å². The molecule has 3 aromatic rings. The van der Waals surface area contributed by atoms with Gasteiger partial charge in [0, 0.05) is 11.4 Å². The minimum atomic E-state index is -0.218. The smallest absolute Gasteiger partial charge is 0.320 e. The molecule has 0 amide bonds. The molecule has 0 saturated carbocycles. The Morgan fingerprint density at radius 2 is 1.83 bits per heavy atom. The Kier molecular flexibility index (Phi) is 6.35. The zero-order valence-corrected chi connectivity index (χ0v) is 18.0. The van der Waals surface area contributed by atoms with Gasteiger partial charge in [0.25, 0.3) is 0 Å². The van der Waals surface area contributed by atoms with E-state index < -0.39 is 0 Å². The molecule has 0 fully saturated rings. The van der Waals surface area contributed by atoms with Crippen LogP contribution >= 0.6 is 11.3 Å². The van der Waals surface area contributed by atoms with E-state index in [9.17, 15) is 4.79 Å². The molecule has 0 radical (unpaired) electrons. The van der Waals surface area contributed by atoms with E-state index in [1.165, 1.54) is 10.4 Å². The molecule has 2 aromatic carbocycles. The number of nitrogens with zero attached hydrogens (tertiary/aromatic N) is 1. The van der Waals surface area contributed by atoms with Crippen LogP contribution in [0.5, 0.6) is 11.5 Å². The summed E-state index contributed by atoms with van der Waals surface area (Å²) >= 11 is 1.69. The Morgan fingerprint density at radius 1 is 1.07 bits per heavy atom. The standard InChI is InChI=1S/C24H25NO4S/c1-27-20-13-18-10-11-25(15-23(26)29-16-17-7-4-3-5-8-17)24(22-9-6-12-30-22)19(18)14-21(20)28-2/h3-9,12-14,24H,10-11,15-16H2,1-2H3. The fourth-order valence-electron chi connectivity index (χ4n) is 3.90. The van der Waals surface area contributed by atoms with Gasteiger partial charge >= 0.3 is 5.97 Å². The molecule has 156 valence electrons. The molecule has 0 saturated heterocycles. The normalized spacial score (nSPS) is 16.0. The molecule has 0 aliphatic carbocycles. The second-order valence-corrected chi connectivity index (χ2v) is 8.17. The van der Waals surface area contributed by atoms with Crippen molar-refractivity contribution in [1.29, 1.82) is 0 Å². The monoisotopic (exact) mass is 423 g/mol. The van der Waals surface area contributed by atoms with Gasteiger partial charge in [0.1, 0.15) is 6.61 Å². The van der Waals surface area contributed by atoms with E-state index in [0.29, 0.717) is 12.4 Å². The van der Waals surface area contributed by atoms with Crippen LogP contribution in [0, 0.1) is 0 Å². The summed E-state index contributed by atoms with van der Waals surface area (Å²) in [6.45, 7) is 1.30. The molecule has 2 heterocycles. The first-order valence-corrected chi connectivity index (χ1v) is 10.8. The minimum absolute atomic E-state index is 0.0159. The summed E-state index contributed by atoms with van der Waals surface area (Å²) in [5.41, 5.74) is 3.36. The number of rotatable bonds is 7. The summed E-state index contributed by atoms with van der Waals surface area (Å²) in [5, 5.41) is 2.07. The van der Waals surface area contributed by atoms with Crippen LogP contribution in [0.25, 0.3) is 0 Å². The van der Waals surface area contributed by atoms with Crippen LogP contribution in [0.4, 0.5) is 0 Å². The number of benzene rings is 2. The third kappa shape index (κ3) is 4.35. The van der Waals surface area contributed by atoms with Crippen molar-refractivity contribution in [2.24, 2.45) is 0 Å². The number of esters is 1. The van der Waals surface area contributed by atoms with Gasteiger partial charge in [0.05, 0.1) is 26.8 Å². The largest absolute Gasteiger partial charge is 0.493 e. The van der Waals surface area contributed by atoms with Crippen molar-refractivity contribution in [2.45, 2.75) is 19.1 Å². The molecule has 1 aliphatic heterocycles. The summed E-state index contributed by atoms with van der Waals surface area (Å²) in [7, 11) is 3.30. The maximum atomic E-state index is 12.6. The summed E-state index contributed by atoms with van der Waals surface area (Å²) in [5.74, 6) is 1.22. The van der Waals surface area contributed by atoms with E-state index in [0.717, 1.165) is 29.8 Å². The number of hydrogen-bond donors (Lipinski definition) is 0. The first-order chi connectivity index (χ1) is 14.7. The lowest BCUT2D eigenvalue weighted by atomic mass is 9.91. The average molecular weight is 424 g/mol. The Balaban J connectivity index is 1.57. The highest BCUT2D eigenvalue weighted by atomic mass is 32.1. The molecule has 0 bridgehead atoms. The van der Waals surface area contributed by atoms with Gasteiger partial charge in [-0.15, -0.1) is 11.3 Å². The van der Waals surface area contributed by atoms with Gasteiger partial charge in [-0.1, -0.05) is 36.4 Å². The molecule has 6 heteroatoms. The fraction of sp³-hybridized carbons (Fsp3) is 0.292. The van der Waals surface area contributed by atoms with Gasteiger partial charge < -0.3 is 14.2 Å². The minimum Gasteiger partial charge on any atom is -0.493 e. The lowest BCUT2D eigenvalue weighted by Crippen LogP contribution is -2.39. The van der Waals surface area contributed by atoms with Crippen LogP contribution in [0.1, 0.15) is 27.6 Å². The molecule has 4 rings (SSSR count). The van der Waals surface area contributed by atoms with Gasteiger partial charge in [-0.3, -0.25) is 9.69 Å². The Morgan fingerprint density at radius 3 is 2.53 bits per heavy atom. The third-order valence-electron chi connectivity index (χ3n) is 5.36. The zero-order valence-electron chi connectivity index (χ0n) is 17.2. The van der Waals surface area contributed by atoms with Crippen LogP contribution in [0.15, 0.2) is 60.0 Å². The maximum Gasteiger partial charge on any atom is 0.320 e. The van der Waals surface area contributed by atoms with E-state index in [2.05, 4.69) is 22.4 Å². The van der Waals surface area contributed by atoms with Crippen LogP contribution < -0.4 is 9.47 Å². The van der Waals surface area contributed by atoms with Crippen molar-refractivity contribution in [3.8, 4) is 11.5 Å². The molecule has 30 heavy (non-hydrogen) atoms. The second-order valence-electron chi connectivity index (χ2n) is 7.19. The zero-order chi connectivity index (χ0) is 20.9. The summed E-state index contributed by atoms with van der Waals surface area (Å²) < 4.78 is 16.6. The van der Waals surface area contributed by atoms with Crippen molar-refractivity contribution in [2.75, 3.05) is 27.3 Å². The Bertz CT molecular complexity index is 988. The van der Waals surface area contributed by atoms with E-state index in [1.54, 1.807) is 25.6 Å². The summed E-state index contributed by atoms with van der Waals surface area (Å²) in [4.78, 5) is 16.0. The predicted molar refractivity (Wildman–Crippen MR) is 117 cm³/mol. The number of methoxy groups -OCH3 is 2. The number of carbonyl (C=O) groups is 1. The molecular weight excluding hydrogens is 398 g/mol. The molecule has 5 nitrogen and oxygen atoms in total. The lowest BCUT2D eigenvalue weighted by molar-refractivity contribution is -0.146. The first kappa shape index (κ1) is 20.4. The molecular formula is C24H25NO4S. The highest BCUT2D eigenvalue weighted by molar-refractivity contribution is 7.10. The van der Waals surface area contributed by atoms with Gasteiger partial charge in [0.2, 0.25) is 0 Å². The van der Waals surface area contributed by atoms with Gasteiger partial charge in [-0.25, -0.2) is 0 Å². The van der Waals surface area contributed by atoms with E-state index in [4.69, 9.17) is 14.2 Å². The van der Waals surface area contributed by atoms with E-state index in [-0.39, 0.29) is 18.6 Å². The maximum absolute atomic E-state index is 12.6. The SMILES string of the molecule is COc1cc2c(cc1OC)C(c1cccs1)N(CC(=O)OCc1ccccc1)CC2. The predicted octanol–water partition coefficient (Wildman–Crippen LogP) is 4.46. The summed E-state index contributed by atoms with van der Waals surface area (Å²) in [6, 6.07) is 18.0. The molecule has 1 unspecified atom stereocenters.